The number of fused-ring (bicyclic) bond motifs is 3. The Morgan fingerprint density at radius 1 is 0.909 bits per heavy atom. The number of ether oxygens (including phenoxy) is 3. The van der Waals surface area contributed by atoms with Crippen LogP contribution < -0.4 is 14.2 Å². The summed E-state index contributed by atoms with van der Waals surface area (Å²) in [5.41, 5.74) is 5.71. The van der Waals surface area contributed by atoms with Gasteiger partial charge in [0.2, 0.25) is 6.23 Å². The highest BCUT2D eigenvalue weighted by molar-refractivity contribution is 6.02. The molecule has 2 aliphatic heterocycles. The second-order valence-corrected chi connectivity index (χ2v) is 9.60. The zero-order chi connectivity index (χ0) is 23.2. The molecule has 2 heterocycles. The molecule has 5 nitrogen and oxygen atoms in total. The summed E-state index contributed by atoms with van der Waals surface area (Å²) < 4.78 is 17.4. The number of para-hydroxylation sites is 1. The van der Waals surface area contributed by atoms with Crippen LogP contribution in [-0.2, 0) is 5.41 Å². The van der Waals surface area contributed by atoms with Crippen LogP contribution in [0.15, 0.2) is 71.8 Å². The van der Waals surface area contributed by atoms with Gasteiger partial charge in [-0.25, -0.2) is 5.01 Å². The van der Waals surface area contributed by atoms with E-state index in [9.17, 15) is 0 Å². The molecule has 3 aromatic rings. The van der Waals surface area contributed by atoms with Gasteiger partial charge in [-0.3, -0.25) is 0 Å². The van der Waals surface area contributed by atoms with Crippen LogP contribution in [0.25, 0.3) is 0 Å². The summed E-state index contributed by atoms with van der Waals surface area (Å²) in [7, 11) is 3.30. The van der Waals surface area contributed by atoms with Gasteiger partial charge in [0.1, 0.15) is 5.75 Å². The summed E-state index contributed by atoms with van der Waals surface area (Å²) in [6.45, 7) is 6.68. The first-order valence-electron chi connectivity index (χ1n) is 11.3. The molecular formula is C28H30N2O3. The summed E-state index contributed by atoms with van der Waals surface area (Å²) >= 11 is 0. The van der Waals surface area contributed by atoms with E-state index in [2.05, 4.69) is 68.2 Å². The third kappa shape index (κ3) is 3.82. The van der Waals surface area contributed by atoms with Crippen molar-refractivity contribution in [3.05, 3.63) is 89.0 Å². The summed E-state index contributed by atoms with van der Waals surface area (Å²) in [5.74, 6) is 2.34. The third-order valence-corrected chi connectivity index (χ3v) is 6.48. The Balaban J connectivity index is 1.54. The number of benzene rings is 3. The minimum atomic E-state index is -0.281. The maximum absolute atomic E-state index is 6.50. The van der Waals surface area contributed by atoms with Crippen LogP contribution >= 0.6 is 0 Å². The van der Waals surface area contributed by atoms with Crippen molar-refractivity contribution in [2.75, 3.05) is 14.2 Å². The van der Waals surface area contributed by atoms with Crippen molar-refractivity contribution < 1.29 is 14.2 Å². The van der Waals surface area contributed by atoms with Crippen molar-refractivity contribution in [1.82, 2.24) is 5.01 Å². The van der Waals surface area contributed by atoms with E-state index in [0.717, 1.165) is 29.0 Å². The average molecular weight is 443 g/mol. The Bertz CT molecular complexity index is 1190. The van der Waals surface area contributed by atoms with Gasteiger partial charge in [-0.1, -0.05) is 63.2 Å². The fraction of sp³-hybridized carbons (Fsp3) is 0.321. The number of hydrogen-bond acceptors (Lipinski definition) is 5. The van der Waals surface area contributed by atoms with E-state index in [-0.39, 0.29) is 17.7 Å². The quantitative estimate of drug-likeness (QED) is 0.479. The molecule has 170 valence electrons. The molecule has 2 aliphatic rings. The van der Waals surface area contributed by atoms with Crippen LogP contribution in [0, 0.1) is 0 Å². The Morgan fingerprint density at radius 3 is 2.33 bits per heavy atom. The standard InChI is InChI=1S/C28H30N2O3/c1-28(2,3)20-13-10-18(11-14-20)27-30-23(21-8-6-7-9-24(21)33-27)17-22(29-30)19-12-15-25(31-4)26(16-19)32-5/h6-16,23,27H,17H2,1-5H3/t23-,27-/m1/s1. The van der Waals surface area contributed by atoms with Crippen LogP contribution in [-0.4, -0.2) is 24.9 Å². The molecule has 0 spiro atoms. The number of nitrogens with zero attached hydrogens (tertiary/aromatic N) is 2. The summed E-state index contributed by atoms with van der Waals surface area (Å²) in [6, 6.07) is 23.1. The smallest absolute Gasteiger partial charge is 0.213 e. The predicted octanol–water partition coefficient (Wildman–Crippen LogP) is 6.24. The van der Waals surface area contributed by atoms with Crippen LogP contribution in [0.4, 0.5) is 0 Å². The van der Waals surface area contributed by atoms with Gasteiger partial charge < -0.3 is 14.2 Å². The molecular weight excluding hydrogens is 412 g/mol. The molecule has 0 aromatic heterocycles. The van der Waals surface area contributed by atoms with E-state index >= 15 is 0 Å². The van der Waals surface area contributed by atoms with Crippen molar-refractivity contribution in [2.24, 2.45) is 5.10 Å². The van der Waals surface area contributed by atoms with E-state index in [1.165, 1.54) is 11.1 Å². The first-order valence-corrected chi connectivity index (χ1v) is 11.3. The van der Waals surface area contributed by atoms with Crippen LogP contribution in [0.5, 0.6) is 17.2 Å². The SMILES string of the molecule is COc1ccc(C2=NN3[C@H](C2)c2ccccc2O[C@@H]3c2ccc(C(C)(C)C)cc2)cc1OC. The van der Waals surface area contributed by atoms with E-state index in [1.54, 1.807) is 14.2 Å². The number of hydrazone groups is 1. The Kier molecular flexibility index (Phi) is 5.28. The molecule has 5 heteroatoms. The topological polar surface area (TPSA) is 43.3 Å². The molecule has 0 amide bonds. The average Bonchev–Trinajstić information content (AvgIpc) is 3.28. The van der Waals surface area contributed by atoms with Crippen LogP contribution in [0.2, 0.25) is 0 Å². The van der Waals surface area contributed by atoms with Crippen LogP contribution in [0.1, 0.15) is 61.7 Å². The van der Waals surface area contributed by atoms with Crippen molar-refractivity contribution in [2.45, 2.75) is 44.9 Å². The zero-order valence-electron chi connectivity index (χ0n) is 19.8. The maximum Gasteiger partial charge on any atom is 0.213 e. The fourth-order valence-corrected chi connectivity index (χ4v) is 4.59. The van der Waals surface area contributed by atoms with Crippen molar-refractivity contribution in [1.29, 1.82) is 0 Å². The van der Waals surface area contributed by atoms with Crippen molar-refractivity contribution in [3.63, 3.8) is 0 Å². The highest BCUT2D eigenvalue weighted by Gasteiger charge is 2.41. The van der Waals surface area contributed by atoms with Crippen LogP contribution in [0.3, 0.4) is 0 Å². The Hall–Kier alpha value is -3.47. The van der Waals surface area contributed by atoms with Gasteiger partial charge in [-0.15, -0.1) is 0 Å². The first kappa shape index (κ1) is 21.4. The van der Waals surface area contributed by atoms with Gasteiger partial charge in [-0.05, 0) is 35.2 Å². The molecule has 0 saturated carbocycles. The number of rotatable bonds is 4. The minimum Gasteiger partial charge on any atom is -0.493 e. The molecule has 0 fully saturated rings. The predicted molar refractivity (Wildman–Crippen MR) is 130 cm³/mol. The lowest BCUT2D eigenvalue weighted by Gasteiger charge is -2.38. The Labute approximate surface area is 195 Å². The number of hydrogen-bond donors (Lipinski definition) is 0. The molecule has 0 saturated heterocycles. The van der Waals surface area contributed by atoms with Crippen molar-refractivity contribution in [3.8, 4) is 17.2 Å². The van der Waals surface area contributed by atoms with Gasteiger partial charge in [0.25, 0.3) is 0 Å². The lowest BCUT2D eigenvalue weighted by Crippen LogP contribution is -2.33. The van der Waals surface area contributed by atoms with Gasteiger partial charge in [0.15, 0.2) is 11.5 Å². The monoisotopic (exact) mass is 442 g/mol. The highest BCUT2D eigenvalue weighted by atomic mass is 16.5. The minimum absolute atomic E-state index is 0.105. The van der Waals surface area contributed by atoms with E-state index in [4.69, 9.17) is 19.3 Å². The van der Waals surface area contributed by atoms with Gasteiger partial charge in [0.05, 0.1) is 26.0 Å². The second kappa shape index (κ2) is 8.14. The lowest BCUT2D eigenvalue weighted by atomic mass is 9.86. The lowest BCUT2D eigenvalue weighted by molar-refractivity contribution is -0.0190. The van der Waals surface area contributed by atoms with Crippen molar-refractivity contribution >= 4 is 5.71 Å². The van der Waals surface area contributed by atoms with Gasteiger partial charge in [0, 0.05) is 23.1 Å². The molecule has 0 N–H and O–H groups in total. The van der Waals surface area contributed by atoms with Gasteiger partial charge in [-0.2, -0.15) is 5.10 Å². The largest absolute Gasteiger partial charge is 0.493 e. The molecule has 3 aromatic carbocycles. The summed E-state index contributed by atoms with van der Waals surface area (Å²) in [5, 5.41) is 7.18. The molecule has 0 aliphatic carbocycles. The Morgan fingerprint density at radius 2 is 1.64 bits per heavy atom. The molecule has 2 atom stereocenters. The molecule has 0 unspecified atom stereocenters. The van der Waals surface area contributed by atoms with E-state index in [0.29, 0.717) is 11.5 Å². The first-order chi connectivity index (χ1) is 15.9. The highest BCUT2D eigenvalue weighted by Crippen LogP contribution is 2.47. The second-order valence-electron chi connectivity index (χ2n) is 9.60. The summed E-state index contributed by atoms with van der Waals surface area (Å²) in [4.78, 5) is 0. The normalized spacial score (nSPS) is 19.3. The van der Waals surface area contributed by atoms with Gasteiger partial charge >= 0.3 is 0 Å². The molecule has 5 rings (SSSR count). The van der Waals surface area contributed by atoms with E-state index in [1.807, 2.05) is 24.3 Å². The number of methoxy groups -OCH3 is 2. The zero-order valence-corrected chi connectivity index (χ0v) is 19.8. The fourth-order valence-electron chi connectivity index (χ4n) is 4.59. The molecule has 0 bridgehead atoms. The third-order valence-electron chi connectivity index (χ3n) is 6.48. The summed E-state index contributed by atoms with van der Waals surface area (Å²) in [6.07, 6.45) is 0.517. The molecule has 33 heavy (non-hydrogen) atoms. The maximum atomic E-state index is 6.50. The van der Waals surface area contributed by atoms with E-state index < -0.39 is 0 Å². The molecule has 0 radical (unpaired) electrons.